The monoisotopic (exact) mass is 551 g/mol. The summed E-state index contributed by atoms with van der Waals surface area (Å²) in [5.74, 6) is 1.77. The maximum absolute atomic E-state index is 12.6. The second kappa shape index (κ2) is 13.8. The Morgan fingerprint density at radius 2 is 1.68 bits per heavy atom. The molecule has 3 aliphatic rings. The van der Waals surface area contributed by atoms with Gasteiger partial charge >= 0.3 is 0 Å². The molecule has 0 saturated carbocycles. The van der Waals surface area contributed by atoms with E-state index in [1.54, 1.807) is 0 Å². The topological polar surface area (TPSA) is 69.6 Å². The van der Waals surface area contributed by atoms with Crippen molar-refractivity contribution in [2.45, 2.75) is 51.7 Å². The minimum absolute atomic E-state index is 0. The summed E-state index contributed by atoms with van der Waals surface area (Å²) in [4.78, 5) is 24.0. The molecule has 1 N–H and O–H groups in total. The van der Waals surface area contributed by atoms with Gasteiger partial charge in [-0.1, -0.05) is 26.7 Å². The zero-order valence-corrected chi connectivity index (χ0v) is 21.9. The van der Waals surface area contributed by atoms with E-state index in [1.807, 2.05) is 11.9 Å². The lowest BCUT2D eigenvalue weighted by atomic mass is 9.92. The molecule has 0 aromatic rings. The van der Waals surface area contributed by atoms with Crippen LogP contribution in [0.4, 0.5) is 0 Å². The number of carbonyl (C=O) groups excluding carboxylic acids is 1. The molecule has 0 spiro atoms. The van der Waals surface area contributed by atoms with E-state index in [4.69, 9.17) is 9.47 Å². The molecular formula is C22H42IN5O3. The van der Waals surface area contributed by atoms with Crippen LogP contribution in [0.25, 0.3) is 0 Å². The molecule has 2 unspecified atom stereocenters. The molecule has 0 radical (unpaired) electrons. The SMILES string of the molecule is CCC(CC)C(CNC(=NC)N1CCN(C(=O)C2CCCO2)CC1)N1CCOCC1.I. The smallest absolute Gasteiger partial charge is 0.251 e. The Morgan fingerprint density at radius 1 is 1.03 bits per heavy atom. The third-order valence-electron chi connectivity index (χ3n) is 6.88. The number of nitrogens with zero attached hydrogens (tertiary/aromatic N) is 4. The van der Waals surface area contributed by atoms with E-state index in [1.165, 1.54) is 12.8 Å². The van der Waals surface area contributed by atoms with Crippen molar-refractivity contribution in [2.24, 2.45) is 10.9 Å². The van der Waals surface area contributed by atoms with Gasteiger partial charge in [-0.15, -0.1) is 24.0 Å². The Labute approximate surface area is 205 Å². The molecule has 8 nitrogen and oxygen atoms in total. The van der Waals surface area contributed by atoms with Crippen LogP contribution in [0.15, 0.2) is 4.99 Å². The van der Waals surface area contributed by atoms with Crippen molar-refractivity contribution in [1.29, 1.82) is 0 Å². The number of carbonyl (C=O) groups is 1. The minimum atomic E-state index is -0.219. The molecule has 0 bridgehead atoms. The summed E-state index contributed by atoms with van der Waals surface area (Å²) in [5, 5.41) is 3.65. The normalized spacial score (nSPS) is 24.3. The fraction of sp³-hybridized carbons (Fsp3) is 0.909. The largest absolute Gasteiger partial charge is 0.379 e. The summed E-state index contributed by atoms with van der Waals surface area (Å²) < 4.78 is 11.1. The second-order valence-electron chi connectivity index (χ2n) is 8.53. The molecule has 9 heteroatoms. The Bertz CT molecular complexity index is 555. The van der Waals surface area contributed by atoms with Gasteiger partial charge in [0.2, 0.25) is 0 Å². The van der Waals surface area contributed by atoms with Crippen molar-refractivity contribution < 1.29 is 14.3 Å². The van der Waals surface area contributed by atoms with E-state index < -0.39 is 0 Å². The number of morpholine rings is 1. The van der Waals surface area contributed by atoms with Gasteiger partial charge in [0.25, 0.3) is 5.91 Å². The lowest BCUT2D eigenvalue weighted by Crippen LogP contribution is -2.57. The van der Waals surface area contributed by atoms with Gasteiger partial charge in [0, 0.05) is 65.5 Å². The molecule has 0 aromatic heterocycles. The van der Waals surface area contributed by atoms with E-state index in [0.717, 1.165) is 77.8 Å². The highest BCUT2D eigenvalue weighted by atomic mass is 127. The van der Waals surface area contributed by atoms with Crippen LogP contribution in [0.5, 0.6) is 0 Å². The molecule has 0 aromatic carbocycles. The van der Waals surface area contributed by atoms with Crippen molar-refractivity contribution in [1.82, 2.24) is 20.0 Å². The van der Waals surface area contributed by atoms with Crippen LogP contribution in [0.3, 0.4) is 0 Å². The molecular weight excluding hydrogens is 509 g/mol. The lowest BCUT2D eigenvalue weighted by molar-refractivity contribution is -0.142. The van der Waals surface area contributed by atoms with Gasteiger partial charge in [0.15, 0.2) is 5.96 Å². The van der Waals surface area contributed by atoms with Crippen LogP contribution in [0.1, 0.15) is 39.5 Å². The summed E-state index contributed by atoms with van der Waals surface area (Å²) >= 11 is 0. The zero-order valence-electron chi connectivity index (χ0n) is 19.6. The first-order valence-electron chi connectivity index (χ1n) is 11.9. The van der Waals surface area contributed by atoms with Crippen LogP contribution in [0, 0.1) is 5.92 Å². The molecule has 3 saturated heterocycles. The maximum atomic E-state index is 12.6. The molecule has 3 heterocycles. The first kappa shape index (κ1) is 26.6. The minimum Gasteiger partial charge on any atom is -0.379 e. The van der Waals surface area contributed by atoms with Crippen molar-refractivity contribution in [3.8, 4) is 0 Å². The van der Waals surface area contributed by atoms with Crippen LogP contribution in [-0.4, -0.2) is 111 Å². The fourth-order valence-electron chi connectivity index (χ4n) is 4.98. The van der Waals surface area contributed by atoms with E-state index >= 15 is 0 Å². The first-order valence-corrected chi connectivity index (χ1v) is 11.9. The zero-order chi connectivity index (χ0) is 21.3. The predicted molar refractivity (Wildman–Crippen MR) is 134 cm³/mol. The van der Waals surface area contributed by atoms with E-state index in [-0.39, 0.29) is 36.0 Å². The lowest BCUT2D eigenvalue weighted by Gasteiger charge is -2.41. The van der Waals surface area contributed by atoms with Crippen LogP contribution < -0.4 is 5.32 Å². The van der Waals surface area contributed by atoms with E-state index in [2.05, 4.69) is 34.0 Å². The number of halogens is 1. The summed E-state index contributed by atoms with van der Waals surface area (Å²) in [6.07, 6.45) is 4.00. The molecule has 3 fully saturated rings. The number of piperazine rings is 1. The highest BCUT2D eigenvalue weighted by Gasteiger charge is 2.32. The highest BCUT2D eigenvalue weighted by molar-refractivity contribution is 14.0. The highest BCUT2D eigenvalue weighted by Crippen LogP contribution is 2.20. The summed E-state index contributed by atoms with van der Waals surface area (Å²) in [5.41, 5.74) is 0. The van der Waals surface area contributed by atoms with Crippen molar-refractivity contribution >= 4 is 35.8 Å². The average molecular weight is 552 g/mol. The second-order valence-corrected chi connectivity index (χ2v) is 8.53. The van der Waals surface area contributed by atoms with E-state index in [9.17, 15) is 4.79 Å². The number of hydrogen-bond acceptors (Lipinski definition) is 5. The van der Waals surface area contributed by atoms with Gasteiger partial charge in [-0.3, -0.25) is 14.7 Å². The summed E-state index contributed by atoms with van der Waals surface area (Å²) in [7, 11) is 1.85. The third kappa shape index (κ3) is 7.17. The van der Waals surface area contributed by atoms with Gasteiger partial charge < -0.3 is 24.6 Å². The van der Waals surface area contributed by atoms with Crippen LogP contribution in [0.2, 0.25) is 0 Å². The molecule has 3 rings (SSSR count). The maximum Gasteiger partial charge on any atom is 0.251 e. The number of nitrogens with one attached hydrogen (secondary N) is 1. The Morgan fingerprint density at radius 3 is 2.23 bits per heavy atom. The number of ether oxygens (including phenoxy) is 2. The number of hydrogen-bond donors (Lipinski definition) is 1. The Kier molecular flexibility index (Phi) is 11.8. The number of aliphatic imine (C=N–C) groups is 1. The fourth-order valence-corrected chi connectivity index (χ4v) is 4.98. The van der Waals surface area contributed by atoms with Crippen LogP contribution >= 0.6 is 24.0 Å². The van der Waals surface area contributed by atoms with Crippen LogP contribution in [-0.2, 0) is 14.3 Å². The molecule has 3 aliphatic heterocycles. The van der Waals surface area contributed by atoms with Gasteiger partial charge in [-0.05, 0) is 18.8 Å². The number of rotatable bonds is 7. The van der Waals surface area contributed by atoms with Crippen molar-refractivity contribution in [3.05, 3.63) is 0 Å². The van der Waals surface area contributed by atoms with Crippen molar-refractivity contribution in [3.63, 3.8) is 0 Å². The average Bonchev–Trinajstić information content (AvgIpc) is 3.34. The molecule has 180 valence electrons. The first-order chi connectivity index (χ1) is 14.7. The molecule has 0 aliphatic carbocycles. The Hall–Kier alpha value is -0.650. The van der Waals surface area contributed by atoms with Gasteiger partial charge in [0.05, 0.1) is 13.2 Å². The summed E-state index contributed by atoms with van der Waals surface area (Å²) in [6, 6.07) is 0.489. The summed E-state index contributed by atoms with van der Waals surface area (Å²) in [6.45, 7) is 13.0. The number of amides is 1. The van der Waals surface area contributed by atoms with Crippen molar-refractivity contribution in [2.75, 3.05) is 72.7 Å². The molecule has 2 atom stereocenters. The molecule has 1 amide bonds. The number of guanidine groups is 1. The van der Waals surface area contributed by atoms with Gasteiger partial charge in [0.1, 0.15) is 6.10 Å². The van der Waals surface area contributed by atoms with Gasteiger partial charge in [-0.25, -0.2) is 0 Å². The Balaban J connectivity index is 0.00000341. The standard InChI is InChI=1S/C22H41N5O3.HI/c1-4-18(5-2)19(25-12-15-29-16-13-25)17-24-22(23-3)27-10-8-26(9-11-27)21(28)20-7-6-14-30-20;/h18-20H,4-17H2,1-3H3,(H,23,24);1H. The third-order valence-corrected chi connectivity index (χ3v) is 6.88. The quantitative estimate of drug-likeness (QED) is 0.295. The predicted octanol–water partition coefficient (Wildman–Crippen LogP) is 1.64. The molecule has 31 heavy (non-hydrogen) atoms. The van der Waals surface area contributed by atoms with E-state index in [0.29, 0.717) is 18.6 Å². The van der Waals surface area contributed by atoms with Gasteiger partial charge in [-0.2, -0.15) is 0 Å².